The van der Waals surface area contributed by atoms with Crippen molar-refractivity contribution in [3.8, 4) is 5.75 Å². The number of likely N-dealkylation sites (tertiary alicyclic amines) is 1. The van der Waals surface area contributed by atoms with Crippen LogP contribution in [0.25, 0.3) is 0 Å². The Bertz CT molecular complexity index is 800. The Morgan fingerprint density at radius 3 is 2.32 bits per heavy atom. The van der Waals surface area contributed by atoms with Gasteiger partial charge >= 0.3 is 0 Å². The van der Waals surface area contributed by atoms with E-state index in [0.29, 0.717) is 4.99 Å². The molecule has 0 bridgehead atoms. The number of thiocarbonyl (C=S) groups is 1. The van der Waals surface area contributed by atoms with Crippen LogP contribution < -0.4 is 15.4 Å². The van der Waals surface area contributed by atoms with E-state index < -0.39 is 0 Å². The summed E-state index contributed by atoms with van der Waals surface area (Å²) in [5.41, 5.74) is 2.98. The predicted octanol–water partition coefficient (Wildman–Crippen LogP) is 3.76. The summed E-state index contributed by atoms with van der Waals surface area (Å²) in [6, 6.07) is 16.2. The van der Waals surface area contributed by atoms with Gasteiger partial charge in [0.05, 0.1) is 13.2 Å². The van der Waals surface area contributed by atoms with E-state index in [1.54, 1.807) is 7.11 Å². The lowest BCUT2D eigenvalue weighted by Gasteiger charge is -2.29. The highest BCUT2D eigenvalue weighted by Crippen LogP contribution is 2.26. The molecule has 2 aromatic rings. The molecule has 1 aliphatic heterocycles. The summed E-state index contributed by atoms with van der Waals surface area (Å²) in [5, 5.41) is 6.20. The Kier molecular flexibility index (Phi) is 7.01. The van der Waals surface area contributed by atoms with E-state index in [9.17, 15) is 4.79 Å². The third kappa shape index (κ3) is 5.30. The van der Waals surface area contributed by atoms with E-state index in [0.717, 1.165) is 36.6 Å². The van der Waals surface area contributed by atoms with Gasteiger partial charge < -0.3 is 15.4 Å². The first-order valence-corrected chi connectivity index (χ1v) is 10.0. The van der Waals surface area contributed by atoms with Crippen molar-refractivity contribution >= 4 is 28.8 Å². The second kappa shape index (κ2) is 9.66. The van der Waals surface area contributed by atoms with Gasteiger partial charge in [-0.15, -0.1) is 0 Å². The molecule has 1 heterocycles. The van der Waals surface area contributed by atoms with Crippen molar-refractivity contribution in [1.82, 2.24) is 10.2 Å². The monoisotopic (exact) mass is 397 g/mol. The van der Waals surface area contributed by atoms with Crippen LogP contribution in [0.15, 0.2) is 48.5 Å². The second-order valence-electron chi connectivity index (χ2n) is 7.00. The maximum atomic E-state index is 11.1. The van der Waals surface area contributed by atoms with E-state index in [-0.39, 0.29) is 11.9 Å². The summed E-state index contributed by atoms with van der Waals surface area (Å²) in [4.78, 5) is 14.4. The average Bonchev–Trinajstić information content (AvgIpc) is 3.23. The summed E-state index contributed by atoms with van der Waals surface area (Å²) in [6.07, 6.45) is 2.48. The molecule has 1 saturated heterocycles. The highest BCUT2D eigenvalue weighted by Gasteiger charge is 2.23. The number of carbonyl (C=O) groups excluding carboxylic acids is 1. The zero-order valence-electron chi connectivity index (χ0n) is 16.4. The average molecular weight is 398 g/mol. The van der Waals surface area contributed by atoms with Gasteiger partial charge in [0.15, 0.2) is 0 Å². The van der Waals surface area contributed by atoms with E-state index in [1.807, 2.05) is 36.4 Å². The molecule has 2 aromatic carbocycles. The van der Waals surface area contributed by atoms with Crippen LogP contribution in [0, 0.1) is 0 Å². The standard InChI is InChI=1S/C22H27N3O2S/c1-16(26)24-19-9-5-18(6-10-19)22(28)23-15-21(25-13-3-4-14-25)17-7-11-20(27-2)12-8-17/h5-12,21H,3-4,13-15H2,1-2H3,(H,23,28)(H,24,26). The highest BCUT2D eigenvalue weighted by molar-refractivity contribution is 7.80. The van der Waals surface area contributed by atoms with E-state index in [2.05, 4.69) is 27.7 Å². The molecule has 0 aliphatic carbocycles. The summed E-state index contributed by atoms with van der Waals surface area (Å²) >= 11 is 5.60. The van der Waals surface area contributed by atoms with Gasteiger partial charge in [-0.25, -0.2) is 0 Å². The lowest BCUT2D eigenvalue weighted by atomic mass is 10.0. The van der Waals surface area contributed by atoms with Crippen molar-refractivity contribution in [2.24, 2.45) is 0 Å². The molecule has 1 aliphatic rings. The Morgan fingerprint density at radius 2 is 1.75 bits per heavy atom. The number of anilines is 1. The number of carbonyl (C=O) groups is 1. The third-order valence-electron chi connectivity index (χ3n) is 5.01. The van der Waals surface area contributed by atoms with Crippen molar-refractivity contribution in [2.45, 2.75) is 25.8 Å². The summed E-state index contributed by atoms with van der Waals surface area (Å²) < 4.78 is 5.29. The molecule has 6 heteroatoms. The zero-order valence-corrected chi connectivity index (χ0v) is 17.2. The first-order chi connectivity index (χ1) is 13.6. The van der Waals surface area contributed by atoms with Crippen molar-refractivity contribution in [2.75, 3.05) is 32.1 Å². The minimum Gasteiger partial charge on any atom is -0.497 e. The molecule has 1 amide bonds. The van der Waals surface area contributed by atoms with Crippen molar-refractivity contribution < 1.29 is 9.53 Å². The van der Waals surface area contributed by atoms with Crippen LogP contribution in [0.4, 0.5) is 5.69 Å². The molecule has 28 heavy (non-hydrogen) atoms. The van der Waals surface area contributed by atoms with Gasteiger partial charge in [-0.05, 0) is 67.9 Å². The maximum Gasteiger partial charge on any atom is 0.221 e. The highest BCUT2D eigenvalue weighted by atomic mass is 32.1. The van der Waals surface area contributed by atoms with E-state index >= 15 is 0 Å². The zero-order chi connectivity index (χ0) is 19.9. The fourth-order valence-electron chi connectivity index (χ4n) is 3.54. The van der Waals surface area contributed by atoms with Crippen LogP contribution in [0.1, 0.15) is 36.9 Å². The molecule has 0 saturated carbocycles. The molecule has 5 nitrogen and oxygen atoms in total. The Labute approximate surface area is 172 Å². The molecule has 1 unspecified atom stereocenters. The van der Waals surface area contributed by atoms with Crippen LogP contribution in [-0.2, 0) is 4.79 Å². The number of nitrogens with one attached hydrogen (secondary N) is 2. The number of ether oxygens (including phenoxy) is 1. The number of amides is 1. The van der Waals surface area contributed by atoms with Gasteiger partial charge in [-0.1, -0.05) is 24.4 Å². The van der Waals surface area contributed by atoms with Crippen molar-refractivity contribution in [3.05, 3.63) is 59.7 Å². The lowest BCUT2D eigenvalue weighted by molar-refractivity contribution is -0.114. The third-order valence-corrected chi connectivity index (χ3v) is 5.39. The molecular formula is C22H27N3O2S. The number of nitrogens with zero attached hydrogens (tertiary/aromatic N) is 1. The SMILES string of the molecule is COc1ccc(C(CNC(=S)c2ccc(NC(C)=O)cc2)N2CCCC2)cc1. The molecule has 148 valence electrons. The van der Waals surface area contributed by atoms with Crippen LogP contribution in [-0.4, -0.2) is 42.5 Å². The number of hydrogen-bond donors (Lipinski definition) is 2. The van der Waals surface area contributed by atoms with Gasteiger partial charge in [0.25, 0.3) is 0 Å². The molecule has 0 radical (unpaired) electrons. The molecule has 1 atom stereocenters. The topological polar surface area (TPSA) is 53.6 Å². The van der Waals surface area contributed by atoms with E-state index in [4.69, 9.17) is 17.0 Å². The summed E-state index contributed by atoms with van der Waals surface area (Å²) in [7, 11) is 1.68. The van der Waals surface area contributed by atoms with Gasteiger partial charge in [0, 0.05) is 24.7 Å². The smallest absolute Gasteiger partial charge is 0.221 e. The molecule has 2 N–H and O–H groups in total. The Hall–Kier alpha value is -2.44. The Balaban J connectivity index is 1.66. The molecular weight excluding hydrogens is 370 g/mol. The van der Waals surface area contributed by atoms with Crippen LogP contribution in [0.2, 0.25) is 0 Å². The minimum atomic E-state index is -0.0820. The molecule has 0 spiro atoms. The van der Waals surface area contributed by atoms with Gasteiger partial charge in [-0.3, -0.25) is 9.69 Å². The minimum absolute atomic E-state index is 0.0820. The number of rotatable bonds is 7. The fourth-order valence-corrected chi connectivity index (χ4v) is 3.76. The van der Waals surface area contributed by atoms with Gasteiger partial charge in [0.2, 0.25) is 5.91 Å². The first kappa shape index (κ1) is 20.3. The summed E-state index contributed by atoms with van der Waals surface area (Å²) in [6.45, 7) is 4.46. The van der Waals surface area contributed by atoms with Crippen molar-refractivity contribution in [1.29, 1.82) is 0 Å². The summed E-state index contributed by atoms with van der Waals surface area (Å²) in [5.74, 6) is 0.785. The molecule has 3 rings (SSSR count). The predicted molar refractivity (Wildman–Crippen MR) is 117 cm³/mol. The fraction of sp³-hybridized carbons (Fsp3) is 0.364. The second-order valence-corrected chi connectivity index (χ2v) is 7.41. The number of benzene rings is 2. The lowest BCUT2D eigenvalue weighted by Crippen LogP contribution is -2.36. The molecule has 0 aromatic heterocycles. The largest absolute Gasteiger partial charge is 0.497 e. The van der Waals surface area contributed by atoms with Gasteiger partial charge in [0.1, 0.15) is 10.7 Å². The van der Waals surface area contributed by atoms with Crippen molar-refractivity contribution in [3.63, 3.8) is 0 Å². The quantitative estimate of drug-likeness (QED) is 0.697. The normalized spacial score (nSPS) is 15.1. The first-order valence-electron chi connectivity index (χ1n) is 9.60. The number of methoxy groups -OCH3 is 1. The van der Waals surface area contributed by atoms with Crippen LogP contribution in [0.3, 0.4) is 0 Å². The van der Waals surface area contributed by atoms with Crippen LogP contribution >= 0.6 is 12.2 Å². The van der Waals surface area contributed by atoms with E-state index in [1.165, 1.54) is 25.3 Å². The number of hydrogen-bond acceptors (Lipinski definition) is 4. The van der Waals surface area contributed by atoms with Crippen LogP contribution in [0.5, 0.6) is 5.75 Å². The maximum absolute atomic E-state index is 11.1. The Morgan fingerprint density at radius 1 is 1.11 bits per heavy atom. The van der Waals surface area contributed by atoms with Gasteiger partial charge in [-0.2, -0.15) is 0 Å². The molecule has 1 fully saturated rings.